The number of aromatic nitrogens is 2. The highest BCUT2D eigenvalue weighted by Gasteiger charge is 2.23. The lowest BCUT2D eigenvalue weighted by Gasteiger charge is -2.13. The Kier molecular flexibility index (Phi) is 6.20. The number of amides is 2. The van der Waals surface area contributed by atoms with Gasteiger partial charge >= 0.3 is 0 Å². The minimum absolute atomic E-state index is 0.0113. The third-order valence-electron chi connectivity index (χ3n) is 4.07. The standard InChI is InChI=1S/C18H19N5O5S2/c1-10(23-30(26,27)13-5-3-12(28-2)4-6-13)17(25)22-18-21-15(9-29-18)11-7-14(16(19)24)20-8-11/h3-10,20,23H,1-2H3,(H2,19,24)(H,21,22,25)/t10-/m0/s1. The highest BCUT2D eigenvalue weighted by Crippen LogP contribution is 2.25. The zero-order chi connectivity index (χ0) is 21.9. The molecule has 5 N–H and O–H groups in total. The van der Waals surface area contributed by atoms with Gasteiger partial charge in [-0.15, -0.1) is 11.3 Å². The molecule has 0 aliphatic heterocycles. The summed E-state index contributed by atoms with van der Waals surface area (Å²) >= 11 is 1.16. The molecule has 3 aromatic rings. The van der Waals surface area contributed by atoms with Gasteiger partial charge in [0.15, 0.2) is 5.13 Å². The Morgan fingerprint density at radius 3 is 2.57 bits per heavy atom. The van der Waals surface area contributed by atoms with Gasteiger partial charge in [-0.2, -0.15) is 4.72 Å². The zero-order valence-electron chi connectivity index (χ0n) is 16.0. The fourth-order valence-corrected chi connectivity index (χ4v) is 4.40. The van der Waals surface area contributed by atoms with Gasteiger partial charge in [0.2, 0.25) is 15.9 Å². The first-order valence-electron chi connectivity index (χ1n) is 8.61. The summed E-state index contributed by atoms with van der Waals surface area (Å²) in [5.74, 6) is -0.646. The Morgan fingerprint density at radius 1 is 1.27 bits per heavy atom. The fourth-order valence-electron chi connectivity index (χ4n) is 2.47. The lowest BCUT2D eigenvalue weighted by Crippen LogP contribution is -2.41. The van der Waals surface area contributed by atoms with Crippen LogP contribution in [0.5, 0.6) is 5.75 Å². The predicted molar refractivity (Wildman–Crippen MR) is 112 cm³/mol. The van der Waals surface area contributed by atoms with Gasteiger partial charge in [-0.1, -0.05) is 0 Å². The Morgan fingerprint density at radius 2 is 1.97 bits per heavy atom. The van der Waals surface area contributed by atoms with Crippen LogP contribution in [0, 0.1) is 0 Å². The molecule has 30 heavy (non-hydrogen) atoms. The van der Waals surface area contributed by atoms with Gasteiger partial charge in [0.05, 0.1) is 23.7 Å². The maximum atomic E-state index is 12.5. The minimum atomic E-state index is -3.90. The first-order chi connectivity index (χ1) is 14.2. The van der Waals surface area contributed by atoms with Gasteiger partial charge in [-0.05, 0) is 37.3 Å². The van der Waals surface area contributed by atoms with Gasteiger partial charge < -0.3 is 20.8 Å². The van der Waals surface area contributed by atoms with Crippen molar-refractivity contribution in [2.24, 2.45) is 5.73 Å². The van der Waals surface area contributed by atoms with E-state index in [0.717, 1.165) is 11.3 Å². The molecule has 0 saturated carbocycles. The van der Waals surface area contributed by atoms with Crippen molar-refractivity contribution >= 4 is 38.3 Å². The lowest BCUT2D eigenvalue weighted by molar-refractivity contribution is -0.117. The van der Waals surface area contributed by atoms with E-state index in [-0.39, 0.29) is 15.7 Å². The van der Waals surface area contributed by atoms with E-state index in [2.05, 4.69) is 20.0 Å². The number of anilines is 1. The minimum Gasteiger partial charge on any atom is -0.497 e. The summed E-state index contributed by atoms with van der Waals surface area (Å²) in [5.41, 5.74) is 6.62. The molecule has 2 amide bonds. The van der Waals surface area contributed by atoms with Crippen LogP contribution in [0.4, 0.5) is 5.13 Å². The summed E-state index contributed by atoms with van der Waals surface area (Å²) < 4.78 is 32.2. The molecule has 0 saturated heterocycles. The third-order valence-corrected chi connectivity index (χ3v) is 6.39. The highest BCUT2D eigenvalue weighted by molar-refractivity contribution is 7.89. The largest absolute Gasteiger partial charge is 0.497 e. The van der Waals surface area contributed by atoms with E-state index >= 15 is 0 Å². The molecule has 12 heteroatoms. The summed E-state index contributed by atoms with van der Waals surface area (Å²) in [6, 6.07) is 6.31. The average Bonchev–Trinajstić information content (AvgIpc) is 3.37. The molecule has 3 rings (SSSR count). The number of sulfonamides is 1. The third kappa shape index (κ3) is 4.84. The van der Waals surface area contributed by atoms with Crippen LogP contribution in [-0.2, 0) is 14.8 Å². The zero-order valence-corrected chi connectivity index (χ0v) is 17.6. The quantitative estimate of drug-likeness (QED) is 0.409. The van der Waals surface area contributed by atoms with Crippen molar-refractivity contribution in [3.05, 3.63) is 47.6 Å². The molecular formula is C18H19N5O5S2. The SMILES string of the molecule is COc1ccc(S(=O)(=O)N[C@@H](C)C(=O)Nc2nc(-c3c[nH]c(C(N)=O)c3)cs2)cc1. The molecule has 0 spiro atoms. The summed E-state index contributed by atoms with van der Waals surface area (Å²) in [6.45, 7) is 1.43. The lowest BCUT2D eigenvalue weighted by atomic mass is 10.2. The van der Waals surface area contributed by atoms with E-state index in [1.54, 1.807) is 17.6 Å². The van der Waals surface area contributed by atoms with E-state index in [1.165, 1.54) is 38.3 Å². The van der Waals surface area contributed by atoms with Crippen LogP contribution in [0.15, 0.2) is 46.8 Å². The van der Waals surface area contributed by atoms with E-state index in [4.69, 9.17) is 10.5 Å². The number of nitrogens with two attached hydrogens (primary N) is 1. The van der Waals surface area contributed by atoms with Crippen LogP contribution in [0.2, 0.25) is 0 Å². The summed E-state index contributed by atoms with van der Waals surface area (Å²) in [6.07, 6.45) is 1.58. The number of methoxy groups -OCH3 is 1. The van der Waals surface area contributed by atoms with Crippen molar-refractivity contribution in [3.8, 4) is 17.0 Å². The Labute approximate surface area is 176 Å². The maximum absolute atomic E-state index is 12.5. The first kappa shape index (κ1) is 21.5. The molecule has 1 atom stereocenters. The Hall–Kier alpha value is -3.22. The van der Waals surface area contributed by atoms with Crippen molar-refractivity contribution in [2.45, 2.75) is 17.9 Å². The number of ether oxygens (including phenoxy) is 1. The molecule has 158 valence electrons. The van der Waals surface area contributed by atoms with Crippen LogP contribution in [-0.4, -0.2) is 43.4 Å². The van der Waals surface area contributed by atoms with Crippen molar-refractivity contribution in [1.82, 2.24) is 14.7 Å². The van der Waals surface area contributed by atoms with Crippen LogP contribution < -0.4 is 20.5 Å². The summed E-state index contributed by atoms with van der Waals surface area (Å²) in [7, 11) is -2.42. The molecule has 2 aromatic heterocycles. The second-order valence-electron chi connectivity index (χ2n) is 6.21. The molecule has 2 heterocycles. The second kappa shape index (κ2) is 8.65. The van der Waals surface area contributed by atoms with E-state index in [0.29, 0.717) is 17.0 Å². The van der Waals surface area contributed by atoms with E-state index in [1.807, 2.05) is 0 Å². The number of primary amides is 1. The summed E-state index contributed by atoms with van der Waals surface area (Å²) in [5, 5.41) is 4.55. The predicted octanol–water partition coefficient (Wildman–Crippen LogP) is 1.55. The maximum Gasteiger partial charge on any atom is 0.265 e. The van der Waals surface area contributed by atoms with Crippen LogP contribution in [0.3, 0.4) is 0 Å². The molecule has 0 aliphatic rings. The van der Waals surface area contributed by atoms with Crippen molar-refractivity contribution in [3.63, 3.8) is 0 Å². The second-order valence-corrected chi connectivity index (χ2v) is 8.78. The number of rotatable bonds is 8. The number of carbonyl (C=O) groups is 2. The van der Waals surface area contributed by atoms with E-state index in [9.17, 15) is 18.0 Å². The molecule has 0 aliphatic carbocycles. The van der Waals surface area contributed by atoms with Gasteiger partial charge in [-0.25, -0.2) is 13.4 Å². The number of carbonyl (C=O) groups excluding carboxylic acids is 2. The smallest absolute Gasteiger partial charge is 0.265 e. The fraction of sp³-hybridized carbons (Fsp3) is 0.167. The number of aromatic amines is 1. The Balaban J connectivity index is 1.65. The molecule has 0 radical (unpaired) electrons. The number of hydrogen-bond donors (Lipinski definition) is 4. The molecular weight excluding hydrogens is 430 g/mol. The van der Waals surface area contributed by atoms with Crippen molar-refractivity contribution in [2.75, 3.05) is 12.4 Å². The number of benzene rings is 1. The van der Waals surface area contributed by atoms with Gasteiger partial charge in [0.1, 0.15) is 11.4 Å². The molecule has 0 fully saturated rings. The number of thiazole rings is 1. The molecule has 10 nitrogen and oxygen atoms in total. The van der Waals surface area contributed by atoms with E-state index < -0.39 is 27.9 Å². The molecule has 0 bridgehead atoms. The monoisotopic (exact) mass is 449 g/mol. The van der Waals surface area contributed by atoms with Crippen LogP contribution >= 0.6 is 11.3 Å². The Bertz CT molecular complexity index is 1170. The highest BCUT2D eigenvalue weighted by atomic mass is 32.2. The van der Waals surface area contributed by atoms with Crippen molar-refractivity contribution in [1.29, 1.82) is 0 Å². The molecule has 0 unspecified atom stereocenters. The van der Waals surface area contributed by atoms with Gasteiger partial charge in [-0.3, -0.25) is 9.59 Å². The van der Waals surface area contributed by atoms with Gasteiger partial charge in [0.25, 0.3) is 5.91 Å². The van der Waals surface area contributed by atoms with Crippen LogP contribution in [0.25, 0.3) is 11.3 Å². The van der Waals surface area contributed by atoms with Gasteiger partial charge in [0, 0.05) is 17.1 Å². The van der Waals surface area contributed by atoms with Crippen molar-refractivity contribution < 1.29 is 22.7 Å². The van der Waals surface area contributed by atoms with Crippen LogP contribution in [0.1, 0.15) is 17.4 Å². The number of nitrogens with zero attached hydrogens (tertiary/aromatic N) is 1. The topological polar surface area (TPSA) is 156 Å². The number of H-pyrrole nitrogens is 1. The summed E-state index contributed by atoms with van der Waals surface area (Å²) in [4.78, 5) is 30.6. The first-order valence-corrected chi connectivity index (χ1v) is 11.0. The normalized spacial score (nSPS) is 12.3. The molecule has 1 aromatic carbocycles. The average molecular weight is 450 g/mol. The number of nitrogens with one attached hydrogen (secondary N) is 3. The number of hydrogen-bond acceptors (Lipinski definition) is 7.